The van der Waals surface area contributed by atoms with Gasteiger partial charge in [0.15, 0.2) is 11.5 Å². The van der Waals surface area contributed by atoms with E-state index in [0.717, 1.165) is 25.7 Å². The highest BCUT2D eigenvalue weighted by Crippen LogP contribution is 2.33. The number of rotatable bonds is 5. The van der Waals surface area contributed by atoms with Crippen LogP contribution in [0.25, 0.3) is 0 Å². The van der Waals surface area contributed by atoms with Crippen LogP contribution in [-0.4, -0.2) is 40.8 Å². The van der Waals surface area contributed by atoms with Gasteiger partial charge in [0.1, 0.15) is 0 Å². The summed E-state index contributed by atoms with van der Waals surface area (Å²) in [4.78, 5) is 0.251. The Kier molecular flexibility index (Phi) is 4.53. The summed E-state index contributed by atoms with van der Waals surface area (Å²) in [5, 5.41) is 3.52. The molecule has 0 amide bonds. The Morgan fingerprint density at radius 1 is 1.09 bits per heavy atom. The fourth-order valence-corrected chi connectivity index (χ4v) is 5.19. The number of ether oxygens (including phenoxy) is 2. The van der Waals surface area contributed by atoms with Gasteiger partial charge in [-0.05, 0) is 44.2 Å². The van der Waals surface area contributed by atoms with Gasteiger partial charge in [-0.1, -0.05) is 0 Å². The van der Waals surface area contributed by atoms with E-state index in [1.807, 2.05) is 0 Å². The van der Waals surface area contributed by atoms with E-state index in [1.54, 1.807) is 13.0 Å². The first-order chi connectivity index (χ1) is 10.9. The summed E-state index contributed by atoms with van der Waals surface area (Å²) in [7, 11) is -0.543. The maximum atomic E-state index is 12.8. The minimum Gasteiger partial charge on any atom is -0.493 e. The molecule has 3 rings (SSSR count). The summed E-state index contributed by atoms with van der Waals surface area (Å²) < 4.78 is 38.9. The van der Waals surface area contributed by atoms with Gasteiger partial charge in [-0.25, -0.2) is 13.1 Å². The van der Waals surface area contributed by atoms with Crippen molar-refractivity contribution in [2.45, 2.75) is 55.6 Å². The smallest absolute Gasteiger partial charge is 0.241 e. The van der Waals surface area contributed by atoms with Crippen molar-refractivity contribution in [1.82, 2.24) is 10.0 Å². The quantitative estimate of drug-likeness (QED) is 0.851. The van der Waals surface area contributed by atoms with Crippen LogP contribution in [0.2, 0.25) is 0 Å². The molecule has 7 heteroatoms. The zero-order valence-electron chi connectivity index (χ0n) is 13.8. The molecule has 0 aliphatic carbocycles. The molecule has 6 nitrogen and oxygen atoms in total. The van der Waals surface area contributed by atoms with Gasteiger partial charge in [0.2, 0.25) is 10.0 Å². The first kappa shape index (κ1) is 16.5. The minimum atomic E-state index is -3.58. The third kappa shape index (κ3) is 3.32. The van der Waals surface area contributed by atoms with Gasteiger partial charge in [-0.3, -0.25) is 0 Å². The number of hydrogen-bond acceptors (Lipinski definition) is 5. The Labute approximate surface area is 137 Å². The second-order valence-electron chi connectivity index (χ2n) is 6.40. The molecule has 0 aromatic heterocycles. The third-order valence-electron chi connectivity index (χ3n) is 4.77. The molecule has 1 aromatic carbocycles. The van der Waals surface area contributed by atoms with Crippen LogP contribution in [0.15, 0.2) is 17.0 Å². The van der Waals surface area contributed by atoms with Crippen molar-refractivity contribution in [3.8, 4) is 11.5 Å². The van der Waals surface area contributed by atoms with Crippen LogP contribution in [-0.2, 0) is 10.0 Å². The second-order valence-corrected chi connectivity index (χ2v) is 8.08. The minimum absolute atomic E-state index is 0.00811. The van der Waals surface area contributed by atoms with E-state index in [-0.39, 0.29) is 10.9 Å². The molecule has 128 valence electrons. The largest absolute Gasteiger partial charge is 0.493 e. The number of sulfonamides is 1. The fraction of sp³-hybridized carbons (Fsp3) is 0.625. The number of benzene rings is 1. The van der Waals surface area contributed by atoms with Gasteiger partial charge in [0, 0.05) is 24.2 Å². The summed E-state index contributed by atoms with van der Waals surface area (Å²) in [5.74, 6) is 0.952. The monoisotopic (exact) mass is 340 g/mol. The molecule has 2 bridgehead atoms. The van der Waals surface area contributed by atoms with Gasteiger partial charge >= 0.3 is 0 Å². The molecule has 2 aliphatic heterocycles. The van der Waals surface area contributed by atoms with Crippen molar-refractivity contribution in [3.63, 3.8) is 0 Å². The Morgan fingerprint density at radius 3 is 2.22 bits per heavy atom. The Bertz CT molecular complexity index is 678. The topological polar surface area (TPSA) is 76.7 Å². The molecule has 2 saturated heterocycles. The normalized spacial score (nSPS) is 27.0. The molecule has 2 fully saturated rings. The molecule has 2 aliphatic rings. The average Bonchev–Trinajstić information content (AvgIpc) is 2.85. The van der Waals surface area contributed by atoms with Crippen molar-refractivity contribution >= 4 is 10.0 Å². The zero-order valence-corrected chi connectivity index (χ0v) is 14.6. The summed E-state index contributed by atoms with van der Waals surface area (Å²) in [6.45, 7) is 1.77. The van der Waals surface area contributed by atoms with Crippen molar-refractivity contribution in [3.05, 3.63) is 17.7 Å². The van der Waals surface area contributed by atoms with E-state index in [1.165, 1.54) is 20.3 Å². The SMILES string of the molecule is COc1cc(C)c(S(=O)(=O)NC2CC3CCC(C2)N3)cc1OC. The van der Waals surface area contributed by atoms with Crippen LogP contribution >= 0.6 is 0 Å². The van der Waals surface area contributed by atoms with Crippen molar-refractivity contribution < 1.29 is 17.9 Å². The van der Waals surface area contributed by atoms with E-state index < -0.39 is 10.0 Å². The van der Waals surface area contributed by atoms with Gasteiger partial charge in [0.05, 0.1) is 19.1 Å². The lowest BCUT2D eigenvalue weighted by molar-refractivity contribution is 0.344. The highest BCUT2D eigenvalue weighted by atomic mass is 32.2. The maximum absolute atomic E-state index is 12.8. The van der Waals surface area contributed by atoms with Crippen LogP contribution in [0, 0.1) is 6.92 Å². The number of nitrogens with one attached hydrogen (secondary N) is 2. The zero-order chi connectivity index (χ0) is 16.6. The molecule has 0 saturated carbocycles. The lowest BCUT2D eigenvalue weighted by Gasteiger charge is -2.29. The van der Waals surface area contributed by atoms with Crippen LogP contribution < -0.4 is 19.5 Å². The lowest BCUT2D eigenvalue weighted by Crippen LogP contribution is -2.48. The summed E-state index contributed by atoms with van der Waals surface area (Å²) in [6.07, 6.45) is 3.97. The molecular weight excluding hydrogens is 316 g/mol. The van der Waals surface area contributed by atoms with Crippen molar-refractivity contribution in [1.29, 1.82) is 0 Å². The molecule has 2 heterocycles. The molecule has 2 atom stereocenters. The lowest BCUT2D eigenvalue weighted by atomic mass is 10.0. The van der Waals surface area contributed by atoms with Crippen LogP contribution in [0.5, 0.6) is 11.5 Å². The molecule has 0 spiro atoms. The van der Waals surface area contributed by atoms with Gasteiger partial charge in [0.25, 0.3) is 0 Å². The highest BCUT2D eigenvalue weighted by molar-refractivity contribution is 7.89. The van der Waals surface area contributed by atoms with Crippen LogP contribution in [0.3, 0.4) is 0 Å². The number of methoxy groups -OCH3 is 2. The number of aryl methyl sites for hydroxylation is 1. The second kappa shape index (κ2) is 6.30. The van der Waals surface area contributed by atoms with Gasteiger partial charge < -0.3 is 14.8 Å². The molecule has 2 N–H and O–H groups in total. The number of piperidine rings is 1. The van der Waals surface area contributed by atoms with Gasteiger partial charge in [-0.2, -0.15) is 0 Å². The van der Waals surface area contributed by atoms with E-state index >= 15 is 0 Å². The van der Waals surface area contributed by atoms with Crippen molar-refractivity contribution in [2.75, 3.05) is 14.2 Å². The van der Waals surface area contributed by atoms with E-state index in [4.69, 9.17) is 9.47 Å². The molecule has 1 aromatic rings. The van der Waals surface area contributed by atoms with Crippen LogP contribution in [0.1, 0.15) is 31.2 Å². The Hall–Kier alpha value is -1.31. The Morgan fingerprint density at radius 2 is 1.65 bits per heavy atom. The first-order valence-corrected chi connectivity index (χ1v) is 9.42. The summed E-state index contributed by atoms with van der Waals surface area (Å²) >= 11 is 0. The summed E-state index contributed by atoms with van der Waals surface area (Å²) in [5.41, 5.74) is 0.645. The Balaban J connectivity index is 1.84. The van der Waals surface area contributed by atoms with E-state index in [9.17, 15) is 8.42 Å². The van der Waals surface area contributed by atoms with E-state index in [2.05, 4.69) is 10.0 Å². The highest BCUT2D eigenvalue weighted by Gasteiger charge is 2.35. The molecule has 23 heavy (non-hydrogen) atoms. The maximum Gasteiger partial charge on any atom is 0.241 e. The first-order valence-electron chi connectivity index (χ1n) is 7.94. The summed E-state index contributed by atoms with van der Waals surface area (Å²) in [6, 6.07) is 4.10. The fourth-order valence-electron chi connectivity index (χ4n) is 3.69. The molecule has 2 unspecified atom stereocenters. The molecular formula is C16H24N2O4S. The number of hydrogen-bond donors (Lipinski definition) is 2. The number of fused-ring (bicyclic) bond motifs is 2. The average molecular weight is 340 g/mol. The predicted molar refractivity (Wildman–Crippen MR) is 87.6 cm³/mol. The molecule has 0 radical (unpaired) electrons. The van der Waals surface area contributed by atoms with E-state index in [0.29, 0.717) is 29.1 Å². The van der Waals surface area contributed by atoms with Crippen molar-refractivity contribution in [2.24, 2.45) is 0 Å². The predicted octanol–water partition coefficient (Wildman–Crippen LogP) is 1.57. The van der Waals surface area contributed by atoms with Gasteiger partial charge in [-0.15, -0.1) is 0 Å². The van der Waals surface area contributed by atoms with Crippen LogP contribution in [0.4, 0.5) is 0 Å². The third-order valence-corrected chi connectivity index (χ3v) is 6.43. The standard InChI is InChI=1S/C16H24N2O4S/c1-10-6-14(21-2)15(22-3)9-16(10)23(19,20)18-13-7-11-4-5-12(8-13)17-11/h6,9,11-13,17-18H,4-5,7-8H2,1-3H3.